The maximum absolute atomic E-state index is 12.2. The van der Waals surface area contributed by atoms with Crippen LogP contribution in [0.3, 0.4) is 0 Å². The molecule has 1 aliphatic carbocycles. The lowest BCUT2D eigenvalue weighted by Crippen LogP contribution is -2.50. The minimum absolute atomic E-state index is 0.244. The standard InChI is InChI=1S/C16H30N2O3/c1-4-6-7-14(15(19)20)17-16(21)18(3)13-10-8-12(5-2)9-11-13/h12-14H,4-11H2,1-3H3,(H,17,21)(H,19,20). The van der Waals surface area contributed by atoms with Crippen molar-refractivity contribution in [1.82, 2.24) is 10.2 Å². The first-order chi connectivity index (χ1) is 9.99. The lowest BCUT2D eigenvalue weighted by molar-refractivity contribution is -0.139. The first kappa shape index (κ1) is 17.8. The van der Waals surface area contributed by atoms with Crippen LogP contribution >= 0.6 is 0 Å². The number of hydrogen-bond donors (Lipinski definition) is 2. The van der Waals surface area contributed by atoms with Crippen LogP contribution < -0.4 is 5.32 Å². The molecule has 1 aliphatic rings. The van der Waals surface area contributed by atoms with Crippen LogP contribution in [0, 0.1) is 5.92 Å². The van der Waals surface area contributed by atoms with E-state index in [1.54, 1.807) is 11.9 Å². The summed E-state index contributed by atoms with van der Waals surface area (Å²) in [6, 6.07) is -0.779. The molecule has 0 radical (unpaired) electrons. The van der Waals surface area contributed by atoms with Crippen molar-refractivity contribution in [2.45, 2.75) is 77.3 Å². The molecule has 1 fully saturated rings. The molecule has 21 heavy (non-hydrogen) atoms. The number of carboxylic acid groups (broad SMARTS) is 1. The quantitative estimate of drug-likeness (QED) is 0.758. The molecule has 1 atom stereocenters. The second-order valence-corrected chi connectivity index (χ2v) is 6.18. The van der Waals surface area contributed by atoms with E-state index in [4.69, 9.17) is 0 Å². The van der Waals surface area contributed by atoms with Crippen LogP contribution in [0.5, 0.6) is 0 Å². The zero-order valence-electron chi connectivity index (χ0n) is 13.6. The highest BCUT2D eigenvalue weighted by Gasteiger charge is 2.28. The fraction of sp³-hybridized carbons (Fsp3) is 0.875. The van der Waals surface area contributed by atoms with Crippen molar-refractivity contribution in [2.24, 2.45) is 5.92 Å². The van der Waals surface area contributed by atoms with Gasteiger partial charge in [0.15, 0.2) is 0 Å². The molecule has 2 N–H and O–H groups in total. The third-order valence-electron chi connectivity index (χ3n) is 4.70. The van der Waals surface area contributed by atoms with Crippen molar-refractivity contribution >= 4 is 12.0 Å². The number of nitrogens with one attached hydrogen (secondary N) is 1. The maximum Gasteiger partial charge on any atom is 0.326 e. The van der Waals surface area contributed by atoms with Gasteiger partial charge in [0.05, 0.1) is 0 Å². The lowest BCUT2D eigenvalue weighted by Gasteiger charge is -2.35. The average Bonchev–Trinajstić information content (AvgIpc) is 2.50. The van der Waals surface area contributed by atoms with Gasteiger partial charge in [-0.2, -0.15) is 0 Å². The largest absolute Gasteiger partial charge is 0.480 e. The number of carboxylic acids is 1. The van der Waals surface area contributed by atoms with Gasteiger partial charge in [0.25, 0.3) is 0 Å². The van der Waals surface area contributed by atoms with E-state index in [0.717, 1.165) is 44.4 Å². The van der Waals surface area contributed by atoms with Crippen molar-refractivity contribution in [3.63, 3.8) is 0 Å². The second-order valence-electron chi connectivity index (χ2n) is 6.18. The number of carbonyl (C=O) groups excluding carboxylic acids is 1. The van der Waals surface area contributed by atoms with E-state index in [1.807, 2.05) is 6.92 Å². The molecule has 0 aromatic rings. The van der Waals surface area contributed by atoms with Crippen LogP contribution in [0.4, 0.5) is 4.79 Å². The van der Waals surface area contributed by atoms with E-state index >= 15 is 0 Å². The van der Waals surface area contributed by atoms with Gasteiger partial charge in [-0.3, -0.25) is 0 Å². The topological polar surface area (TPSA) is 69.6 Å². The fourth-order valence-electron chi connectivity index (χ4n) is 3.02. The molecule has 1 rings (SSSR count). The minimum atomic E-state index is -0.945. The van der Waals surface area contributed by atoms with Crippen LogP contribution in [0.2, 0.25) is 0 Å². The number of carbonyl (C=O) groups is 2. The summed E-state index contributed by atoms with van der Waals surface area (Å²) < 4.78 is 0. The molecule has 0 bridgehead atoms. The highest BCUT2D eigenvalue weighted by atomic mass is 16.4. The molecule has 5 nitrogen and oxygen atoms in total. The molecule has 0 heterocycles. The van der Waals surface area contributed by atoms with Crippen LogP contribution in [-0.2, 0) is 4.79 Å². The molecular weight excluding hydrogens is 268 g/mol. The average molecular weight is 298 g/mol. The summed E-state index contributed by atoms with van der Waals surface area (Å²) in [5.41, 5.74) is 0. The zero-order valence-corrected chi connectivity index (χ0v) is 13.6. The first-order valence-electron chi connectivity index (χ1n) is 8.25. The van der Waals surface area contributed by atoms with E-state index in [0.29, 0.717) is 6.42 Å². The molecule has 0 saturated heterocycles. The number of hydrogen-bond acceptors (Lipinski definition) is 2. The number of unbranched alkanes of at least 4 members (excludes halogenated alkanes) is 1. The Balaban J connectivity index is 2.47. The summed E-state index contributed by atoms with van der Waals surface area (Å²) in [5.74, 6) is -0.158. The minimum Gasteiger partial charge on any atom is -0.480 e. The molecule has 2 amide bonds. The van der Waals surface area contributed by atoms with Crippen molar-refractivity contribution in [3.05, 3.63) is 0 Å². The summed E-state index contributed by atoms with van der Waals surface area (Å²) in [4.78, 5) is 25.1. The van der Waals surface area contributed by atoms with Gasteiger partial charge in [-0.05, 0) is 38.0 Å². The monoisotopic (exact) mass is 298 g/mol. The van der Waals surface area contributed by atoms with E-state index in [1.165, 1.54) is 6.42 Å². The molecular formula is C16H30N2O3. The summed E-state index contributed by atoms with van der Waals surface area (Å²) in [6.45, 7) is 4.23. The Morgan fingerprint density at radius 1 is 1.24 bits per heavy atom. The van der Waals surface area contributed by atoms with Gasteiger partial charge in [-0.1, -0.05) is 33.1 Å². The summed E-state index contributed by atoms with van der Waals surface area (Å²) >= 11 is 0. The molecule has 0 spiro atoms. The Labute approximate surface area is 128 Å². The van der Waals surface area contributed by atoms with Gasteiger partial charge < -0.3 is 15.3 Å². The molecule has 122 valence electrons. The van der Waals surface area contributed by atoms with Crippen LogP contribution in [0.15, 0.2) is 0 Å². The number of amides is 2. The molecule has 5 heteroatoms. The molecule has 0 aromatic heterocycles. The maximum atomic E-state index is 12.2. The van der Waals surface area contributed by atoms with E-state index < -0.39 is 12.0 Å². The van der Waals surface area contributed by atoms with Gasteiger partial charge in [-0.25, -0.2) is 9.59 Å². The van der Waals surface area contributed by atoms with Crippen molar-refractivity contribution < 1.29 is 14.7 Å². The molecule has 1 unspecified atom stereocenters. The van der Waals surface area contributed by atoms with Gasteiger partial charge in [0.1, 0.15) is 6.04 Å². The SMILES string of the molecule is CCCCC(NC(=O)N(C)C1CCC(CC)CC1)C(=O)O. The highest BCUT2D eigenvalue weighted by molar-refractivity contribution is 5.82. The Hall–Kier alpha value is -1.26. The normalized spacial score (nSPS) is 23.4. The summed E-state index contributed by atoms with van der Waals surface area (Å²) in [6.07, 6.45) is 7.81. The van der Waals surface area contributed by atoms with Crippen LogP contribution in [0.25, 0.3) is 0 Å². The van der Waals surface area contributed by atoms with Crippen LogP contribution in [0.1, 0.15) is 65.2 Å². The second kappa shape index (κ2) is 8.90. The number of urea groups is 1. The highest BCUT2D eigenvalue weighted by Crippen LogP contribution is 2.28. The summed E-state index contributed by atoms with van der Waals surface area (Å²) in [7, 11) is 1.78. The van der Waals surface area contributed by atoms with Crippen molar-refractivity contribution in [1.29, 1.82) is 0 Å². The van der Waals surface area contributed by atoms with Crippen LogP contribution in [-0.4, -0.2) is 41.1 Å². The van der Waals surface area contributed by atoms with Gasteiger partial charge in [0, 0.05) is 13.1 Å². The third-order valence-corrected chi connectivity index (χ3v) is 4.70. The number of rotatable bonds is 7. The molecule has 0 aliphatic heterocycles. The Morgan fingerprint density at radius 3 is 2.33 bits per heavy atom. The van der Waals surface area contributed by atoms with Gasteiger partial charge in [0.2, 0.25) is 0 Å². The third kappa shape index (κ3) is 5.56. The molecule has 0 aromatic carbocycles. The van der Waals surface area contributed by atoms with Gasteiger partial charge in [-0.15, -0.1) is 0 Å². The first-order valence-corrected chi connectivity index (χ1v) is 8.25. The lowest BCUT2D eigenvalue weighted by atomic mass is 9.84. The van der Waals surface area contributed by atoms with E-state index in [2.05, 4.69) is 12.2 Å². The number of nitrogens with zero attached hydrogens (tertiary/aromatic N) is 1. The Kier molecular flexibility index (Phi) is 7.54. The van der Waals surface area contributed by atoms with E-state index in [9.17, 15) is 14.7 Å². The zero-order chi connectivity index (χ0) is 15.8. The van der Waals surface area contributed by atoms with Crippen molar-refractivity contribution in [2.75, 3.05) is 7.05 Å². The van der Waals surface area contributed by atoms with E-state index in [-0.39, 0.29) is 12.1 Å². The Morgan fingerprint density at radius 2 is 1.86 bits per heavy atom. The number of aliphatic carboxylic acids is 1. The Bertz CT molecular complexity index is 338. The van der Waals surface area contributed by atoms with Gasteiger partial charge >= 0.3 is 12.0 Å². The predicted octanol–water partition coefficient (Wildman–Crippen LogP) is 3.24. The summed E-state index contributed by atoms with van der Waals surface area (Å²) in [5, 5.41) is 11.8. The fourth-order valence-corrected chi connectivity index (χ4v) is 3.02. The molecule has 1 saturated carbocycles. The predicted molar refractivity (Wildman–Crippen MR) is 83.3 cm³/mol. The smallest absolute Gasteiger partial charge is 0.326 e. The van der Waals surface area contributed by atoms with Crippen molar-refractivity contribution in [3.8, 4) is 0 Å².